The Kier molecular flexibility index (Phi) is 6.19. The SMILES string of the molecule is O=C(NC1CC1)C(Sc1ccc(S(=O)(=O)N2CCOCC2)cn1)c1ccccc1. The summed E-state index contributed by atoms with van der Waals surface area (Å²) >= 11 is 1.32. The van der Waals surface area contributed by atoms with Gasteiger partial charge >= 0.3 is 0 Å². The van der Waals surface area contributed by atoms with Crippen molar-refractivity contribution in [3.8, 4) is 0 Å². The number of amides is 1. The highest BCUT2D eigenvalue weighted by atomic mass is 32.2. The zero-order chi connectivity index (χ0) is 20.3. The summed E-state index contributed by atoms with van der Waals surface area (Å²) in [6, 6.07) is 13.0. The molecule has 1 aliphatic carbocycles. The number of hydrogen-bond acceptors (Lipinski definition) is 6. The third-order valence-electron chi connectivity index (χ3n) is 4.82. The summed E-state index contributed by atoms with van der Waals surface area (Å²) in [5.41, 5.74) is 0.891. The summed E-state index contributed by atoms with van der Waals surface area (Å²) in [7, 11) is -3.58. The second-order valence-corrected chi connectivity index (χ2v) is 10.1. The molecule has 1 unspecified atom stereocenters. The van der Waals surface area contributed by atoms with E-state index in [2.05, 4.69) is 10.3 Å². The molecular weight excluding hydrogens is 410 g/mol. The Morgan fingerprint density at radius 1 is 1.14 bits per heavy atom. The molecule has 1 saturated heterocycles. The number of carbonyl (C=O) groups excluding carboxylic acids is 1. The van der Waals surface area contributed by atoms with Crippen LogP contribution < -0.4 is 5.32 Å². The van der Waals surface area contributed by atoms with Crippen LogP contribution in [0.4, 0.5) is 0 Å². The van der Waals surface area contributed by atoms with Crippen LogP contribution in [0, 0.1) is 0 Å². The molecule has 4 rings (SSSR count). The molecule has 1 N–H and O–H groups in total. The monoisotopic (exact) mass is 433 g/mol. The van der Waals surface area contributed by atoms with E-state index in [1.807, 2.05) is 30.3 Å². The third kappa shape index (κ3) is 4.98. The number of rotatable bonds is 7. The third-order valence-corrected chi connectivity index (χ3v) is 7.91. The second-order valence-electron chi connectivity index (χ2n) is 7.04. The highest BCUT2D eigenvalue weighted by Gasteiger charge is 2.30. The molecule has 1 aliphatic heterocycles. The van der Waals surface area contributed by atoms with E-state index in [0.717, 1.165) is 18.4 Å². The minimum atomic E-state index is -3.58. The van der Waals surface area contributed by atoms with Gasteiger partial charge in [0.05, 0.1) is 18.2 Å². The average Bonchev–Trinajstić information content (AvgIpc) is 3.57. The van der Waals surface area contributed by atoms with Gasteiger partial charge in [0.25, 0.3) is 0 Å². The van der Waals surface area contributed by atoms with Gasteiger partial charge in [-0.1, -0.05) is 42.1 Å². The van der Waals surface area contributed by atoms with Crippen molar-refractivity contribution in [3.63, 3.8) is 0 Å². The molecule has 0 bridgehead atoms. The first-order chi connectivity index (χ1) is 14.0. The van der Waals surface area contributed by atoms with Crippen LogP contribution >= 0.6 is 11.8 Å². The summed E-state index contributed by atoms with van der Waals surface area (Å²) in [6.07, 6.45) is 3.41. The minimum Gasteiger partial charge on any atom is -0.379 e. The maximum atomic E-state index is 12.8. The highest BCUT2D eigenvalue weighted by molar-refractivity contribution is 8.00. The summed E-state index contributed by atoms with van der Waals surface area (Å²) in [6.45, 7) is 1.48. The molecule has 2 fully saturated rings. The van der Waals surface area contributed by atoms with Gasteiger partial charge in [-0.3, -0.25) is 4.79 Å². The van der Waals surface area contributed by atoms with Gasteiger partial charge in [0.2, 0.25) is 15.9 Å². The molecule has 29 heavy (non-hydrogen) atoms. The normalized spacial score (nSPS) is 18.9. The molecular formula is C20H23N3O4S2. The van der Waals surface area contributed by atoms with E-state index in [1.165, 1.54) is 22.3 Å². The molecule has 1 aromatic heterocycles. The van der Waals surface area contributed by atoms with Gasteiger partial charge in [0.1, 0.15) is 10.1 Å². The van der Waals surface area contributed by atoms with E-state index < -0.39 is 15.3 Å². The van der Waals surface area contributed by atoms with Crippen molar-refractivity contribution in [2.24, 2.45) is 0 Å². The lowest BCUT2D eigenvalue weighted by Crippen LogP contribution is -2.40. The maximum absolute atomic E-state index is 12.8. The van der Waals surface area contributed by atoms with Crippen molar-refractivity contribution < 1.29 is 17.9 Å². The molecule has 1 aromatic carbocycles. The molecule has 2 heterocycles. The standard InChI is InChI=1S/C20H23N3O4S2/c24-20(22-16-6-7-16)19(15-4-2-1-3-5-15)28-18-9-8-17(14-21-18)29(25,26)23-10-12-27-13-11-23/h1-5,8-9,14,16,19H,6-7,10-13H2,(H,22,24). The lowest BCUT2D eigenvalue weighted by Gasteiger charge is -2.25. The minimum absolute atomic E-state index is 0.0458. The molecule has 7 nitrogen and oxygen atoms in total. The summed E-state index contributed by atoms with van der Waals surface area (Å²) < 4.78 is 32.1. The number of hydrogen-bond donors (Lipinski definition) is 1. The number of carbonyl (C=O) groups is 1. The summed E-state index contributed by atoms with van der Waals surface area (Å²) in [5, 5.41) is 3.21. The number of benzene rings is 1. The van der Waals surface area contributed by atoms with Gasteiger partial charge < -0.3 is 10.1 Å². The van der Waals surface area contributed by atoms with Crippen molar-refractivity contribution in [2.45, 2.75) is 34.1 Å². The number of sulfonamides is 1. The van der Waals surface area contributed by atoms with Gasteiger partial charge in [0.15, 0.2) is 0 Å². The number of thioether (sulfide) groups is 1. The van der Waals surface area contributed by atoms with E-state index in [1.54, 1.807) is 12.1 Å². The first-order valence-corrected chi connectivity index (χ1v) is 11.9. The molecule has 2 aromatic rings. The number of nitrogens with zero attached hydrogens (tertiary/aromatic N) is 2. The smallest absolute Gasteiger partial charge is 0.244 e. The van der Waals surface area contributed by atoms with Crippen LogP contribution in [0.25, 0.3) is 0 Å². The van der Waals surface area contributed by atoms with E-state index in [9.17, 15) is 13.2 Å². The van der Waals surface area contributed by atoms with Crippen LogP contribution in [0.5, 0.6) is 0 Å². The van der Waals surface area contributed by atoms with Gasteiger partial charge in [-0.15, -0.1) is 0 Å². The van der Waals surface area contributed by atoms with Crippen LogP contribution in [0.1, 0.15) is 23.7 Å². The van der Waals surface area contributed by atoms with Crippen molar-refractivity contribution in [2.75, 3.05) is 26.3 Å². The van der Waals surface area contributed by atoms with E-state index in [-0.39, 0.29) is 16.8 Å². The first kappa shape index (κ1) is 20.3. The Morgan fingerprint density at radius 3 is 2.48 bits per heavy atom. The van der Waals surface area contributed by atoms with Gasteiger partial charge in [-0.2, -0.15) is 4.31 Å². The van der Waals surface area contributed by atoms with Gasteiger partial charge in [-0.25, -0.2) is 13.4 Å². The molecule has 2 aliphatic rings. The number of pyridine rings is 1. The molecule has 154 valence electrons. The van der Waals surface area contributed by atoms with Crippen LogP contribution in [0.2, 0.25) is 0 Å². The van der Waals surface area contributed by atoms with Crippen molar-refractivity contribution in [3.05, 3.63) is 54.2 Å². The molecule has 1 amide bonds. The predicted molar refractivity (Wildman–Crippen MR) is 110 cm³/mol. The molecule has 1 saturated carbocycles. The average molecular weight is 434 g/mol. The fraction of sp³-hybridized carbons (Fsp3) is 0.400. The van der Waals surface area contributed by atoms with Crippen LogP contribution in [0.15, 0.2) is 58.6 Å². The number of morpholine rings is 1. The molecule has 0 spiro atoms. The van der Waals surface area contributed by atoms with Crippen LogP contribution in [-0.4, -0.2) is 56.0 Å². The number of aromatic nitrogens is 1. The fourth-order valence-corrected chi connectivity index (χ4v) is 5.37. The Bertz CT molecular complexity index is 941. The van der Waals surface area contributed by atoms with E-state index in [4.69, 9.17) is 4.74 Å². The van der Waals surface area contributed by atoms with E-state index >= 15 is 0 Å². The van der Waals surface area contributed by atoms with Crippen molar-refractivity contribution in [1.82, 2.24) is 14.6 Å². The zero-order valence-corrected chi connectivity index (χ0v) is 17.5. The Morgan fingerprint density at radius 2 is 1.86 bits per heavy atom. The van der Waals surface area contributed by atoms with Crippen molar-refractivity contribution >= 4 is 27.7 Å². The van der Waals surface area contributed by atoms with E-state index in [0.29, 0.717) is 31.3 Å². The summed E-state index contributed by atoms with van der Waals surface area (Å²) in [4.78, 5) is 17.2. The first-order valence-electron chi connectivity index (χ1n) is 9.60. The van der Waals surface area contributed by atoms with Crippen LogP contribution in [-0.2, 0) is 19.6 Å². The quantitative estimate of drug-likeness (QED) is 0.674. The second kappa shape index (κ2) is 8.83. The zero-order valence-electron chi connectivity index (χ0n) is 15.9. The Hall–Kier alpha value is -1.94. The Labute approximate surface area is 174 Å². The van der Waals surface area contributed by atoms with Gasteiger partial charge in [-0.05, 0) is 30.5 Å². The van der Waals surface area contributed by atoms with Crippen LogP contribution in [0.3, 0.4) is 0 Å². The number of nitrogens with one attached hydrogen (secondary N) is 1. The largest absolute Gasteiger partial charge is 0.379 e. The molecule has 0 radical (unpaired) electrons. The Balaban J connectivity index is 1.51. The lowest BCUT2D eigenvalue weighted by atomic mass is 10.1. The maximum Gasteiger partial charge on any atom is 0.244 e. The lowest BCUT2D eigenvalue weighted by molar-refractivity contribution is -0.120. The summed E-state index contributed by atoms with van der Waals surface area (Å²) in [5.74, 6) is -0.0458. The van der Waals surface area contributed by atoms with Gasteiger partial charge in [0, 0.05) is 25.3 Å². The molecule has 9 heteroatoms. The van der Waals surface area contributed by atoms with Crippen molar-refractivity contribution in [1.29, 1.82) is 0 Å². The number of ether oxygens (including phenoxy) is 1. The molecule has 1 atom stereocenters. The topological polar surface area (TPSA) is 88.6 Å². The predicted octanol–water partition coefficient (Wildman–Crippen LogP) is 2.21. The fourth-order valence-electron chi connectivity index (χ4n) is 3.05. The highest BCUT2D eigenvalue weighted by Crippen LogP contribution is 2.35.